The van der Waals surface area contributed by atoms with Crippen molar-refractivity contribution < 1.29 is 24.1 Å². The first-order valence-electron chi connectivity index (χ1n) is 12.3. The van der Waals surface area contributed by atoms with E-state index >= 15 is 0 Å². The third-order valence-corrected chi connectivity index (χ3v) is 5.47. The van der Waals surface area contributed by atoms with E-state index in [1.165, 1.54) is 64.2 Å². The summed E-state index contributed by atoms with van der Waals surface area (Å²) in [5.41, 5.74) is 0. The highest BCUT2D eigenvalue weighted by Crippen LogP contribution is 2.16. The molecule has 0 fully saturated rings. The van der Waals surface area contributed by atoms with E-state index in [0.717, 1.165) is 25.7 Å². The molecular weight excluding hydrogens is 366 g/mol. The maximum absolute atomic E-state index is 12.2. The zero-order valence-corrected chi connectivity index (χ0v) is 19.8. The zero-order valence-electron chi connectivity index (χ0n) is 19.8. The van der Waals surface area contributed by atoms with Gasteiger partial charge in [-0.15, -0.1) is 0 Å². The first-order valence-corrected chi connectivity index (χ1v) is 12.3. The van der Waals surface area contributed by atoms with Crippen molar-refractivity contribution in [1.29, 1.82) is 0 Å². The lowest BCUT2D eigenvalue weighted by atomic mass is 10.1. The maximum atomic E-state index is 12.2. The van der Waals surface area contributed by atoms with E-state index in [1.807, 2.05) is 13.8 Å². The van der Waals surface area contributed by atoms with Crippen LogP contribution in [0.25, 0.3) is 0 Å². The van der Waals surface area contributed by atoms with Crippen molar-refractivity contribution in [2.24, 2.45) is 0 Å². The van der Waals surface area contributed by atoms with Gasteiger partial charge < -0.3 is 0 Å². The Morgan fingerprint density at radius 1 is 0.517 bits per heavy atom. The summed E-state index contributed by atoms with van der Waals surface area (Å²) in [5.74, 6) is -0.544. The van der Waals surface area contributed by atoms with Crippen LogP contribution in [-0.2, 0) is 19.3 Å². The van der Waals surface area contributed by atoms with E-state index in [0.29, 0.717) is 25.9 Å². The second kappa shape index (κ2) is 18.9. The molecule has 0 atom stereocenters. The van der Waals surface area contributed by atoms with Gasteiger partial charge in [0.2, 0.25) is 0 Å². The Labute approximate surface area is 180 Å². The van der Waals surface area contributed by atoms with Crippen LogP contribution in [0.2, 0.25) is 0 Å². The van der Waals surface area contributed by atoms with Crippen molar-refractivity contribution in [2.45, 2.75) is 130 Å². The van der Waals surface area contributed by atoms with Crippen molar-refractivity contribution in [3.63, 3.8) is 0 Å². The number of carbonyl (C=O) groups excluding carboxylic acids is 2. The summed E-state index contributed by atoms with van der Waals surface area (Å²) < 4.78 is 0. The monoisotopic (exact) mass is 414 g/mol. The van der Waals surface area contributed by atoms with Gasteiger partial charge in [-0.1, -0.05) is 90.9 Å². The third kappa shape index (κ3) is 15.4. The second-order valence-corrected chi connectivity index (χ2v) is 8.12. The predicted molar refractivity (Wildman–Crippen MR) is 119 cm³/mol. The van der Waals surface area contributed by atoms with Crippen LogP contribution >= 0.6 is 0 Å². The van der Waals surface area contributed by atoms with Gasteiger partial charge in [0.15, 0.2) is 13.1 Å². The Kier molecular flexibility index (Phi) is 18.2. The lowest BCUT2D eigenvalue weighted by Crippen LogP contribution is -2.50. The van der Waals surface area contributed by atoms with Crippen molar-refractivity contribution in [2.75, 3.05) is 13.1 Å². The van der Waals surface area contributed by atoms with Gasteiger partial charge in [0.1, 0.15) is 0 Å². The van der Waals surface area contributed by atoms with E-state index in [2.05, 4.69) is 13.8 Å². The van der Waals surface area contributed by atoms with Gasteiger partial charge >= 0.3 is 11.9 Å². The molecule has 0 unspecified atom stereocenters. The molecule has 0 aliphatic heterocycles. The van der Waals surface area contributed by atoms with E-state index in [4.69, 9.17) is 9.68 Å². The van der Waals surface area contributed by atoms with Crippen LogP contribution in [0.3, 0.4) is 0 Å². The number of nitrogens with zero attached hydrogens (tertiary/aromatic N) is 1. The predicted octanol–water partition coefficient (Wildman–Crippen LogP) is 7.04. The summed E-state index contributed by atoms with van der Waals surface area (Å²) in [4.78, 5) is 35.3. The van der Waals surface area contributed by atoms with Crippen molar-refractivity contribution in [3.8, 4) is 0 Å². The summed E-state index contributed by atoms with van der Waals surface area (Å²) in [6.07, 6.45) is 17.0. The molecule has 29 heavy (non-hydrogen) atoms. The molecular formula is C24H48NO4+. The minimum absolute atomic E-state index is 0.272. The smallest absolute Gasteiger partial charge is 0.245 e. The van der Waals surface area contributed by atoms with Gasteiger partial charge in [0.25, 0.3) is 0 Å². The van der Waals surface area contributed by atoms with Gasteiger partial charge in [-0.25, -0.2) is 19.3 Å². The van der Waals surface area contributed by atoms with Crippen LogP contribution in [0.5, 0.6) is 0 Å². The fourth-order valence-electron chi connectivity index (χ4n) is 3.42. The molecule has 0 saturated heterocycles. The molecule has 0 saturated carbocycles. The first-order chi connectivity index (χ1) is 14.0. The Morgan fingerprint density at radius 3 is 1.14 bits per heavy atom. The second-order valence-electron chi connectivity index (χ2n) is 8.12. The Balaban J connectivity index is 4.10. The van der Waals surface area contributed by atoms with E-state index in [1.54, 1.807) is 0 Å². The molecule has 5 nitrogen and oxygen atoms in total. The highest BCUT2D eigenvalue weighted by Gasteiger charge is 2.35. The normalized spacial score (nSPS) is 11.4. The third-order valence-electron chi connectivity index (χ3n) is 5.47. The summed E-state index contributed by atoms with van der Waals surface area (Å²) >= 11 is 0. The topological polar surface area (TPSA) is 52.6 Å². The Morgan fingerprint density at radius 2 is 0.828 bits per heavy atom. The molecule has 0 aromatic rings. The lowest BCUT2D eigenvalue weighted by molar-refractivity contribution is -1.22. The number of hydrogen-bond acceptors (Lipinski definition) is 4. The molecule has 5 heteroatoms. The summed E-state index contributed by atoms with van der Waals surface area (Å²) in [6, 6.07) is 0. The average Bonchev–Trinajstić information content (AvgIpc) is 2.72. The zero-order chi connectivity index (χ0) is 21.8. The van der Waals surface area contributed by atoms with Gasteiger partial charge in [-0.3, -0.25) is 0 Å². The first kappa shape index (κ1) is 27.9. The number of rotatable bonds is 20. The van der Waals surface area contributed by atoms with Gasteiger partial charge in [0, 0.05) is 4.81 Å². The molecule has 0 aliphatic rings. The number of hydroxylamine groups is 4. The fraction of sp³-hybridized carbons (Fsp3) is 0.917. The molecule has 0 radical (unpaired) electrons. The lowest BCUT2D eigenvalue weighted by Gasteiger charge is -2.28. The molecule has 172 valence electrons. The number of hydrogen-bond donors (Lipinski definition) is 0. The van der Waals surface area contributed by atoms with Crippen LogP contribution in [0.1, 0.15) is 130 Å². The number of unbranched alkanes of at least 4 members (excludes halogenated alkanes) is 12. The fourth-order valence-corrected chi connectivity index (χ4v) is 3.42. The Bertz CT molecular complexity index is 374. The van der Waals surface area contributed by atoms with Crippen LogP contribution < -0.4 is 0 Å². The Hall–Kier alpha value is -1.10. The van der Waals surface area contributed by atoms with E-state index in [-0.39, 0.29) is 16.7 Å². The van der Waals surface area contributed by atoms with Gasteiger partial charge in [0.05, 0.1) is 12.8 Å². The van der Waals surface area contributed by atoms with Gasteiger partial charge in [-0.05, 0) is 26.7 Å². The largest absolute Gasteiger partial charge is 0.372 e. The molecule has 0 aromatic heterocycles. The number of quaternary nitrogens is 1. The molecule has 0 aromatic carbocycles. The molecule has 0 amide bonds. The summed E-state index contributed by atoms with van der Waals surface area (Å²) in [6.45, 7) is 9.05. The number of carbonyl (C=O) groups is 2. The maximum Gasteiger partial charge on any atom is 0.372 e. The van der Waals surface area contributed by atoms with Gasteiger partial charge in [-0.2, -0.15) is 0 Å². The molecule has 0 rings (SSSR count). The quantitative estimate of drug-likeness (QED) is 0.122. The SMILES string of the molecule is CCCCCCCCCC(=O)O[N+](CC)(CC)OC(=O)CCCCCCCCC. The van der Waals surface area contributed by atoms with Crippen molar-refractivity contribution in [3.05, 3.63) is 0 Å². The van der Waals surface area contributed by atoms with Crippen LogP contribution in [0.15, 0.2) is 0 Å². The van der Waals surface area contributed by atoms with Crippen LogP contribution in [0.4, 0.5) is 0 Å². The summed E-state index contributed by atoms with van der Waals surface area (Å²) in [7, 11) is 0. The van der Waals surface area contributed by atoms with E-state index < -0.39 is 0 Å². The minimum atomic E-state index is -0.343. The standard InChI is InChI=1S/C24H48NO4/c1-5-9-11-13-15-17-19-21-23(26)28-25(7-3,8-4)29-24(27)22-20-18-16-14-12-10-6-2/h5-22H2,1-4H3/q+1. The van der Waals surface area contributed by atoms with Crippen LogP contribution in [-0.4, -0.2) is 29.8 Å². The highest BCUT2D eigenvalue weighted by atomic mass is 17.0. The average molecular weight is 415 g/mol. The highest BCUT2D eigenvalue weighted by molar-refractivity contribution is 5.69. The molecule has 0 N–H and O–H groups in total. The minimum Gasteiger partial charge on any atom is -0.245 e. The molecule has 0 bridgehead atoms. The van der Waals surface area contributed by atoms with Crippen molar-refractivity contribution in [1.82, 2.24) is 0 Å². The van der Waals surface area contributed by atoms with Crippen molar-refractivity contribution >= 4 is 11.9 Å². The molecule has 0 spiro atoms. The van der Waals surface area contributed by atoms with Crippen LogP contribution in [0, 0.1) is 0 Å². The van der Waals surface area contributed by atoms with E-state index in [9.17, 15) is 9.59 Å². The molecule has 0 aliphatic carbocycles. The summed E-state index contributed by atoms with van der Waals surface area (Å²) in [5, 5.41) is 0. The molecule has 0 heterocycles.